The Morgan fingerprint density at radius 3 is 2.12 bits per heavy atom. The molecule has 0 aromatic heterocycles. The molecule has 25 heavy (non-hydrogen) atoms. The van der Waals surface area contributed by atoms with Crippen LogP contribution in [0, 0.1) is 0 Å². The molecular formula is C18H15F3O4. The fraction of sp³-hybridized carbons (Fsp3) is 0.222. The lowest BCUT2D eigenvalue weighted by atomic mass is 10.1. The van der Waals surface area contributed by atoms with Crippen molar-refractivity contribution < 1.29 is 32.2 Å². The fourth-order valence-electron chi connectivity index (χ4n) is 1.94. The van der Waals surface area contributed by atoms with Crippen LogP contribution in [0.25, 0.3) is 0 Å². The number of rotatable bonds is 7. The number of hydrogen-bond acceptors (Lipinski definition) is 4. The summed E-state index contributed by atoms with van der Waals surface area (Å²) < 4.78 is 45.4. The second-order valence-electron chi connectivity index (χ2n) is 5.17. The Morgan fingerprint density at radius 1 is 0.880 bits per heavy atom. The van der Waals surface area contributed by atoms with Crippen molar-refractivity contribution in [1.29, 1.82) is 0 Å². The maximum Gasteiger partial charge on any atom is 0.411 e. The highest BCUT2D eigenvalue weighted by Gasteiger charge is 2.27. The molecule has 132 valence electrons. The normalized spacial score (nSPS) is 11.2. The summed E-state index contributed by atoms with van der Waals surface area (Å²) in [5.74, 6) is -1.02. The van der Waals surface area contributed by atoms with Gasteiger partial charge in [0, 0.05) is 5.56 Å². The number of ether oxygens (including phenoxy) is 2. The lowest BCUT2D eigenvalue weighted by Gasteiger charge is -2.08. The number of Topliss-reactive ketones (excluding diaryl/α,β-unsaturated/α-hetero) is 1. The van der Waals surface area contributed by atoms with E-state index in [-0.39, 0.29) is 24.6 Å². The maximum absolute atomic E-state index is 12.0. The van der Waals surface area contributed by atoms with Gasteiger partial charge in [-0.05, 0) is 17.7 Å². The molecule has 0 spiro atoms. The Kier molecular flexibility index (Phi) is 6.30. The Balaban J connectivity index is 1.83. The van der Waals surface area contributed by atoms with Gasteiger partial charge in [-0.15, -0.1) is 0 Å². The van der Waals surface area contributed by atoms with Gasteiger partial charge in [-0.3, -0.25) is 4.79 Å². The van der Waals surface area contributed by atoms with Crippen LogP contribution >= 0.6 is 0 Å². The SMILES string of the molecule is O=C(COC(=O)c1ccc(COCC(F)(F)F)cc1)c1ccccc1. The summed E-state index contributed by atoms with van der Waals surface area (Å²) in [6, 6.07) is 14.1. The standard InChI is InChI=1S/C18H15F3O4/c19-18(20,21)12-24-10-13-6-8-15(9-7-13)17(23)25-11-16(22)14-4-2-1-3-5-14/h1-9H,10-12H2. The Hall–Kier alpha value is -2.67. The van der Waals surface area contributed by atoms with Crippen molar-refractivity contribution in [3.63, 3.8) is 0 Å². The van der Waals surface area contributed by atoms with Gasteiger partial charge >= 0.3 is 12.1 Å². The quantitative estimate of drug-likeness (QED) is 0.562. The first-order valence-electron chi connectivity index (χ1n) is 7.34. The lowest BCUT2D eigenvalue weighted by molar-refractivity contribution is -0.176. The molecule has 0 heterocycles. The molecule has 0 aliphatic heterocycles. The summed E-state index contributed by atoms with van der Waals surface area (Å²) in [7, 11) is 0. The van der Waals surface area contributed by atoms with Crippen LogP contribution in [0.4, 0.5) is 13.2 Å². The van der Waals surface area contributed by atoms with E-state index in [0.717, 1.165) is 0 Å². The molecule has 0 saturated carbocycles. The fourth-order valence-corrected chi connectivity index (χ4v) is 1.94. The predicted molar refractivity (Wildman–Crippen MR) is 83.2 cm³/mol. The van der Waals surface area contributed by atoms with Crippen LogP contribution in [-0.4, -0.2) is 31.1 Å². The molecule has 0 N–H and O–H groups in total. The van der Waals surface area contributed by atoms with Crippen molar-refractivity contribution in [2.75, 3.05) is 13.2 Å². The van der Waals surface area contributed by atoms with Crippen molar-refractivity contribution in [2.45, 2.75) is 12.8 Å². The smallest absolute Gasteiger partial charge is 0.411 e. The molecule has 0 radical (unpaired) electrons. The van der Waals surface area contributed by atoms with Crippen LogP contribution in [0.5, 0.6) is 0 Å². The van der Waals surface area contributed by atoms with Gasteiger partial charge in [-0.25, -0.2) is 4.79 Å². The maximum atomic E-state index is 12.0. The summed E-state index contributed by atoms with van der Waals surface area (Å²) >= 11 is 0. The van der Waals surface area contributed by atoms with Crippen LogP contribution in [-0.2, 0) is 16.1 Å². The zero-order valence-electron chi connectivity index (χ0n) is 13.1. The van der Waals surface area contributed by atoms with Crippen molar-refractivity contribution in [1.82, 2.24) is 0 Å². The third-order valence-corrected chi connectivity index (χ3v) is 3.15. The molecule has 0 aliphatic carbocycles. The average Bonchev–Trinajstić information content (AvgIpc) is 2.59. The van der Waals surface area contributed by atoms with Gasteiger partial charge in [0.1, 0.15) is 6.61 Å². The molecule has 7 heteroatoms. The lowest BCUT2D eigenvalue weighted by Crippen LogP contribution is -2.16. The summed E-state index contributed by atoms with van der Waals surface area (Å²) in [6.07, 6.45) is -4.38. The molecule has 2 rings (SSSR count). The van der Waals surface area contributed by atoms with Gasteiger partial charge in [-0.2, -0.15) is 13.2 Å². The van der Waals surface area contributed by atoms with E-state index in [4.69, 9.17) is 4.74 Å². The van der Waals surface area contributed by atoms with Gasteiger partial charge in [0.15, 0.2) is 12.4 Å². The molecule has 0 aliphatic rings. The molecule has 4 nitrogen and oxygen atoms in total. The average molecular weight is 352 g/mol. The van der Waals surface area contributed by atoms with E-state index < -0.39 is 18.8 Å². The van der Waals surface area contributed by atoms with E-state index in [1.165, 1.54) is 24.3 Å². The van der Waals surface area contributed by atoms with Gasteiger partial charge in [0.2, 0.25) is 0 Å². The minimum absolute atomic E-state index is 0.195. The third-order valence-electron chi connectivity index (χ3n) is 3.15. The molecule has 0 fully saturated rings. The molecule has 0 saturated heterocycles. The highest BCUT2D eigenvalue weighted by Crippen LogP contribution is 2.16. The topological polar surface area (TPSA) is 52.6 Å². The number of hydrogen-bond donors (Lipinski definition) is 0. The zero-order valence-corrected chi connectivity index (χ0v) is 13.1. The van der Waals surface area contributed by atoms with Crippen molar-refractivity contribution in [3.8, 4) is 0 Å². The molecule has 0 amide bonds. The van der Waals surface area contributed by atoms with Gasteiger partial charge in [-0.1, -0.05) is 42.5 Å². The molecular weight excluding hydrogens is 337 g/mol. The van der Waals surface area contributed by atoms with Crippen molar-refractivity contribution >= 4 is 11.8 Å². The molecule has 0 atom stereocenters. The predicted octanol–water partition coefficient (Wildman–Crippen LogP) is 3.81. The number of halogens is 3. The van der Waals surface area contributed by atoms with Crippen LogP contribution in [0.15, 0.2) is 54.6 Å². The second kappa shape index (κ2) is 8.43. The monoisotopic (exact) mass is 352 g/mol. The number of esters is 1. The summed E-state index contributed by atoms with van der Waals surface area (Å²) in [5.41, 5.74) is 1.12. The zero-order chi connectivity index (χ0) is 18.3. The van der Waals surface area contributed by atoms with E-state index in [2.05, 4.69) is 4.74 Å². The first kappa shape index (κ1) is 18.7. The van der Waals surface area contributed by atoms with Crippen LogP contribution < -0.4 is 0 Å². The number of alkyl halides is 3. The van der Waals surface area contributed by atoms with E-state index in [9.17, 15) is 22.8 Å². The number of carbonyl (C=O) groups excluding carboxylic acids is 2. The molecule has 2 aromatic rings. The van der Waals surface area contributed by atoms with Crippen LogP contribution in [0.2, 0.25) is 0 Å². The van der Waals surface area contributed by atoms with Gasteiger partial charge < -0.3 is 9.47 Å². The van der Waals surface area contributed by atoms with E-state index >= 15 is 0 Å². The number of carbonyl (C=O) groups is 2. The largest absolute Gasteiger partial charge is 0.454 e. The summed E-state index contributed by atoms with van der Waals surface area (Å²) in [6.45, 7) is -1.95. The van der Waals surface area contributed by atoms with Crippen LogP contribution in [0.1, 0.15) is 26.3 Å². The van der Waals surface area contributed by atoms with E-state index in [0.29, 0.717) is 11.1 Å². The number of benzene rings is 2. The van der Waals surface area contributed by atoms with Crippen molar-refractivity contribution in [2.24, 2.45) is 0 Å². The molecule has 0 bridgehead atoms. The Morgan fingerprint density at radius 2 is 1.52 bits per heavy atom. The first-order valence-corrected chi connectivity index (χ1v) is 7.34. The summed E-state index contributed by atoms with van der Waals surface area (Å²) in [5, 5.41) is 0. The highest BCUT2D eigenvalue weighted by molar-refractivity contribution is 5.99. The first-order chi connectivity index (χ1) is 11.8. The highest BCUT2D eigenvalue weighted by atomic mass is 19.4. The summed E-state index contributed by atoms with van der Waals surface area (Å²) in [4.78, 5) is 23.7. The minimum Gasteiger partial charge on any atom is -0.454 e. The molecule has 0 unspecified atom stereocenters. The van der Waals surface area contributed by atoms with Crippen LogP contribution in [0.3, 0.4) is 0 Å². The molecule has 2 aromatic carbocycles. The third kappa shape index (κ3) is 6.39. The number of ketones is 1. The van der Waals surface area contributed by atoms with E-state index in [1.807, 2.05) is 0 Å². The second-order valence-corrected chi connectivity index (χ2v) is 5.17. The van der Waals surface area contributed by atoms with Crippen molar-refractivity contribution in [3.05, 3.63) is 71.3 Å². The Labute approximate surface area is 142 Å². The Bertz CT molecular complexity index is 709. The van der Waals surface area contributed by atoms with E-state index in [1.54, 1.807) is 30.3 Å². The van der Waals surface area contributed by atoms with Gasteiger partial charge in [0.25, 0.3) is 0 Å². The minimum atomic E-state index is -4.38. The van der Waals surface area contributed by atoms with Gasteiger partial charge in [0.05, 0.1) is 12.2 Å².